The molecule has 144 valence electrons. The summed E-state index contributed by atoms with van der Waals surface area (Å²) in [6.45, 7) is 1.30. The number of halogens is 2. The number of piperidine rings is 1. The lowest BCUT2D eigenvalue weighted by molar-refractivity contribution is -0.125. The molecule has 9 heteroatoms. The lowest BCUT2D eigenvalue weighted by Crippen LogP contribution is -2.44. The summed E-state index contributed by atoms with van der Waals surface area (Å²) in [7, 11) is 1.40. The average molecular weight is 395 g/mol. The van der Waals surface area contributed by atoms with E-state index in [2.05, 4.69) is 10.3 Å². The van der Waals surface area contributed by atoms with E-state index in [1.807, 2.05) is 4.90 Å². The molecule has 1 atom stereocenters. The number of nitrogens with one attached hydrogen (secondary N) is 2. The molecule has 3 rings (SSSR count). The predicted molar refractivity (Wildman–Crippen MR) is 100 cm³/mol. The zero-order valence-corrected chi connectivity index (χ0v) is 15.6. The number of hydrogen-bond donors (Lipinski definition) is 2. The largest absolute Gasteiger partial charge is 0.357 e. The number of carbonyl (C=O) groups excluding carboxylic acids is 1. The van der Waals surface area contributed by atoms with Gasteiger partial charge in [0.25, 0.3) is 5.56 Å². The van der Waals surface area contributed by atoms with Crippen molar-refractivity contribution in [3.05, 3.63) is 61.5 Å². The highest BCUT2D eigenvalue weighted by molar-refractivity contribution is 6.30. The Hall–Kier alpha value is -2.61. The smallest absolute Gasteiger partial charge is 0.329 e. The number of carbonyl (C=O) groups is 1. The Morgan fingerprint density at radius 2 is 2.15 bits per heavy atom. The number of anilines is 1. The Labute approximate surface area is 159 Å². The van der Waals surface area contributed by atoms with E-state index in [-0.39, 0.29) is 23.4 Å². The van der Waals surface area contributed by atoms with E-state index in [0.29, 0.717) is 30.9 Å². The SMILES string of the molecule is Cn1c(=O)cc(N2CCCC(C(=O)NCc3ccc(F)c(Cl)c3)C2)[nH]c1=O. The number of benzene rings is 1. The van der Waals surface area contributed by atoms with Gasteiger partial charge in [-0.3, -0.25) is 19.1 Å². The lowest BCUT2D eigenvalue weighted by Gasteiger charge is -2.33. The molecule has 7 nitrogen and oxygen atoms in total. The van der Waals surface area contributed by atoms with Crippen LogP contribution < -0.4 is 21.5 Å². The van der Waals surface area contributed by atoms with Crippen molar-refractivity contribution in [3.8, 4) is 0 Å². The summed E-state index contributed by atoms with van der Waals surface area (Å²) in [4.78, 5) is 40.6. The van der Waals surface area contributed by atoms with Crippen LogP contribution in [-0.4, -0.2) is 28.5 Å². The molecule has 1 aromatic carbocycles. The quantitative estimate of drug-likeness (QED) is 0.820. The second kappa shape index (κ2) is 7.96. The number of H-pyrrole nitrogens is 1. The third kappa shape index (κ3) is 4.39. The van der Waals surface area contributed by atoms with Crippen molar-refractivity contribution in [1.29, 1.82) is 0 Å². The van der Waals surface area contributed by atoms with Crippen LogP contribution in [0.5, 0.6) is 0 Å². The van der Waals surface area contributed by atoms with E-state index in [9.17, 15) is 18.8 Å². The van der Waals surface area contributed by atoms with Gasteiger partial charge in [-0.15, -0.1) is 0 Å². The van der Waals surface area contributed by atoms with Crippen molar-refractivity contribution in [2.45, 2.75) is 19.4 Å². The van der Waals surface area contributed by atoms with Gasteiger partial charge in [-0.2, -0.15) is 0 Å². The molecule has 2 N–H and O–H groups in total. The Morgan fingerprint density at radius 1 is 1.37 bits per heavy atom. The molecule has 27 heavy (non-hydrogen) atoms. The summed E-state index contributed by atoms with van der Waals surface area (Å²) in [5.41, 5.74) is -0.177. The van der Waals surface area contributed by atoms with Gasteiger partial charge < -0.3 is 10.2 Å². The number of amides is 1. The van der Waals surface area contributed by atoms with Crippen molar-refractivity contribution in [1.82, 2.24) is 14.9 Å². The van der Waals surface area contributed by atoms with Crippen LogP contribution in [0.2, 0.25) is 5.02 Å². The lowest BCUT2D eigenvalue weighted by atomic mass is 9.97. The normalized spacial score (nSPS) is 17.0. The number of nitrogens with zero attached hydrogens (tertiary/aromatic N) is 2. The molecule has 1 saturated heterocycles. The molecular weight excluding hydrogens is 375 g/mol. The van der Waals surface area contributed by atoms with E-state index in [0.717, 1.165) is 11.0 Å². The van der Waals surface area contributed by atoms with Gasteiger partial charge in [-0.1, -0.05) is 17.7 Å². The highest BCUT2D eigenvalue weighted by atomic mass is 35.5. The van der Waals surface area contributed by atoms with Crippen molar-refractivity contribution >= 4 is 23.3 Å². The van der Waals surface area contributed by atoms with Crippen molar-refractivity contribution in [3.63, 3.8) is 0 Å². The zero-order chi connectivity index (χ0) is 19.6. The van der Waals surface area contributed by atoms with Crippen LogP contribution in [0.1, 0.15) is 18.4 Å². The molecule has 0 radical (unpaired) electrons. The fraction of sp³-hybridized carbons (Fsp3) is 0.389. The van der Waals surface area contributed by atoms with Crippen molar-refractivity contribution < 1.29 is 9.18 Å². The summed E-state index contributed by atoms with van der Waals surface area (Å²) in [6.07, 6.45) is 1.47. The number of aromatic amines is 1. The van der Waals surface area contributed by atoms with E-state index in [4.69, 9.17) is 11.6 Å². The van der Waals surface area contributed by atoms with Crippen LogP contribution in [0.25, 0.3) is 0 Å². The number of rotatable bonds is 4. The number of hydrogen-bond acceptors (Lipinski definition) is 4. The van der Waals surface area contributed by atoms with Gasteiger partial charge in [0.2, 0.25) is 5.91 Å². The monoisotopic (exact) mass is 394 g/mol. The zero-order valence-electron chi connectivity index (χ0n) is 14.8. The molecule has 1 aliphatic heterocycles. The van der Waals surface area contributed by atoms with E-state index in [1.165, 1.54) is 25.2 Å². The predicted octanol–water partition coefficient (Wildman–Crippen LogP) is 1.40. The van der Waals surface area contributed by atoms with Gasteiger partial charge in [-0.05, 0) is 30.5 Å². The molecule has 1 aromatic heterocycles. The number of aromatic nitrogens is 2. The molecule has 0 saturated carbocycles. The van der Waals surface area contributed by atoms with Crippen LogP contribution in [0, 0.1) is 11.7 Å². The summed E-state index contributed by atoms with van der Waals surface area (Å²) in [6, 6.07) is 5.68. The second-order valence-electron chi connectivity index (χ2n) is 6.61. The summed E-state index contributed by atoms with van der Waals surface area (Å²) in [5.74, 6) is -0.489. The maximum absolute atomic E-state index is 13.2. The molecule has 2 aromatic rings. The standard InChI is InChI=1S/C18H20ClFN4O3/c1-23-16(25)8-15(22-18(23)27)24-6-2-3-12(10-24)17(26)21-9-11-4-5-14(20)13(19)7-11/h4-5,7-8,12H,2-3,6,9-10H2,1H3,(H,21,26)(H,22,27). The Balaban J connectivity index is 1.65. The minimum atomic E-state index is -0.502. The van der Waals surface area contributed by atoms with Crippen LogP contribution >= 0.6 is 11.6 Å². The fourth-order valence-electron chi connectivity index (χ4n) is 3.11. The third-order valence-electron chi connectivity index (χ3n) is 4.71. The van der Waals surface area contributed by atoms with E-state index < -0.39 is 17.1 Å². The Kier molecular flexibility index (Phi) is 5.65. The first kappa shape index (κ1) is 19.2. The van der Waals surface area contributed by atoms with E-state index >= 15 is 0 Å². The van der Waals surface area contributed by atoms with E-state index in [1.54, 1.807) is 6.07 Å². The molecule has 1 fully saturated rings. The van der Waals surface area contributed by atoms with Gasteiger partial charge in [0.1, 0.15) is 11.6 Å². The van der Waals surface area contributed by atoms with Crippen LogP contribution in [-0.2, 0) is 18.4 Å². The summed E-state index contributed by atoms with van der Waals surface area (Å²) in [5, 5.41) is 2.85. The van der Waals surface area contributed by atoms with Crippen LogP contribution in [0.3, 0.4) is 0 Å². The van der Waals surface area contributed by atoms with Gasteiger partial charge in [-0.25, -0.2) is 9.18 Å². The second-order valence-corrected chi connectivity index (χ2v) is 7.02. The average Bonchev–Trinajstić information content (AvgIpc) is 2.66. The molecule has 0 bridgehead atoms. The maximum atomic E-state index is 13.2. The Morgan fingerprint density at radius 3 is 2.85 bits per heavy atom. The highest BCUT2D eigenvalue weighted by Gasteiger charge is 2.26. The minimum Gasteiger partial charge on any atom is -0.357 e. The maximum Gasteiger partial charge on any atom is 0.329 e. The summed E-state index contributed by atoms with van der Waals surface area (Å²) >= 11 is 5.75. The Bertz CT molecular complexity index is 941. The molecule has 1 unspecified atom stereocenters. The van der Waals surface area contributed by atoms with Crippen LogP contribution in [0.15, 0.2) is 33.9 Å². The van der Waals surface area contributed by atoms with Crippen LogP contribution in [0.4, 0.5) is 10.2 Å². The molecule has 0 aliphatic carbocycles. The highest BCUT2D eigenvalue weighted by Crippen LogP contribution is 2.21. The topological polar surface area (TPSA) is 87.2 Å². The summed E-state index contributed by atoms with van der Waals surface area (Å²) < 4.78 is 14.2. The molecule has 1 amide bonds. The third-order valence-corrected chi connectivity index (χ3v) is 5.00. The van der Waals surface area contributed by atoms with Crippen molar-refractivity contribution in [2.24, 2.45) is 13.0 Å². The van der Waals surface area contributed by atoms with Gasteiger partial charge in [0.05, 0.1) is 10.9 Å². The first-order valence-electron chi connectivity index (χ1n) is 8.62. The molecule has 0 spiro atoms. The molecule has 1 aliphatic rings. The van der Waals surface area contributed by atoms with Crippen molar-refractivity contribution in [2.75, 3.05) is 18.0 Å². The van der Waals surface area contributed by atoms with Gasteiger partial charge in [0.15, 0.2) is 0 Å². The molecular formula is C18H20ClFN4O3. The first-order chi connectivity index (χ1) is 12.8. The van der Waals surface area contributed by atoms with Gasteiger partial charge >= 0.3 is 5.69 Å². The first-order valence-corrected chi connectivity index (χ1v) is 9.00. The fourth-order valence-corrected chi connectivity index (χ4v) is 3.31. The molecule has 2 heterocycles. The minimum absolute atomic E-state index is 0.0141. The van der Waals surface area contributed by atoms with Gasteiger partial charge in [0, 0.05) is 32.7 Å².